The largest absolute Gasteiger partial charge is 0.493 e. The molecule has 0 fully saturated rings. The highest BCUT2D eigenvalue weighted by Crippen LogP contribution is 2.31. The molecule has 4 heteroatoms. The minimum absolute atomic E-state index is 0.263. The highest BCUT2D eigenvalue weighted by atomic mass is 16.5. The molecule has 3 aromatic rings. The van der Waals surface area contributed by atoms with Crippen LogP contribution < -0.4 is 4.74 Å². The van der Waals surface area contributed by atoms with Crippen LogP contribution in [0.5, 0.6) is 5.75 Å². The van der Waals surface area contributed by atoms with Crippen molar-refractivity contribution in [2.24, 2.45) is 0 Å². The van der Waals surface area contributed by atoms with E-state index in [0.717, 1.165) is 34.7 Å². The summed E-state index contributed by atoms with van der Waals surface area (Å²) in [6.07, 6.45) is 2.80. The summed E-state index contributed by atoms with van der Waals surface area (Å²) < 4.78 is 5.83. The Kier molecular flexibility index (Phi) is 2.49. The molecule has 0 bridgehead atoms. The predicted molar refractivity (Wildman–Crippen MR) is 77.0 cm³/mol. The van der Waals surface area contributed by atoms with Crippen LogP contribution in [0.25, 0.3) is 11.2 Å². The van der Waals surface area contributed by atoms with E-state index in [1.165, 1.54) is 5.56 Å². The van der Waals surface area contributed by atoms with E-state index < -0.39 is 0 Å². The number of imidazole rings is 1. The highest BCUT2D eigenvalue weighted by Gasteiger charge is 2.23. The molecule has 0 saturated heterocycles. The molecule has 1 aromatic carbocycles. The van der Waals surface area contributed by atoms with E-state index in [-0.39, 0.29) is 5.92 Å². The molecule has 0 spiro atoms. The van der Waals surface area contributed by atoms with Crippen LogP contribution in [-0.4, -0.2) is 21.6 Å². The Morgan fingerprint density at radius 1 is 1.30 bits per heavy atom. The van der Waals surface area contributed by atoms with Crippen LogP contribution in [0.15, 0.2) is 36.5 Å². The molecule has 1 aliphatic rings. The number of nitrogens with one attached hydrogen (secondary N) is 1. The zero-order valence-electron chi connectivity index (χ0n) is 11.3. The van der Waals surface area contributed by atoms with Gasteiger partial charge in [-0.1, -0.05) is 18.2 Å². The molecular weight excluding hydrogens is 250 g/mol. The first-order valence-electron chi connectivity index (χ1n) is 6.82. The average Bonchev–Trinajstić information content (AvgIpc) is 2.89. The maximum absolute atomic E-state index is 5.83. The van der Waals surface area contributed by atoms with Gasteiger partial charge < -0.3 is 9.72 Å². The first kappa shape index (κ1) is 11.5. The van der Waals surface area contributed by atoms with E-state index >= 15 is 0 Å². The standard InChI is InChI=1S/C16H15N3O/c1-10-6-13-16(17-8-10)19-15(18-13)12-7-11-4-2-3-5-14(11)20-9-12/h2-6,8,12H,7,9H2,1H3,(H,17,18,19). The lowest BCUT2D eigenvalue weighted by Crippen LogP contribution is -2.20. The molecule has 100 valence electrons. The second-order valence-electron chi connectivity index (χ2n) is 5.33. The van der Waals surface area contributed by atoms with Crippen LogP contribution in [0.1, 0.15) is 22.9 Å². The fraction of sp³-hybridized carbons (Fsp3) is 0.250. The van der Waals surface area contributed by atoms with E-state index in [4.69, 9.17) is 4.74 Å². The number of hydrogen-bond acceptors (Lipinski definition) is 3. The Morgan fingerprint density at radius 2 is 2.20 bits per heavy atom. The van der Waals surface area contributed by atoms with Crippen LogP contribution in [0.3, 0.4) is 0 Å². The molecule has 4 rings (SSSR count). The molecule has 0 amide bonds. The molecule has 3 heterocycles. The van der Waals surface area contributed by atoms with E-state index in [2.05, 4.69) is 27.1 Å². The topological polar surface area (TPSA) is 50.8 Å². The van der Waals surface area contributed by atoms with Crippen molar-refractivity contribution in [3.05, 3.63) is 53.5 Å². The zero-order valence-corrected chi connectivity index (χ0v) is 11.3. The minimum atomic E-state index is 0.263. The first-order chi connectivity index (χ1) is 9.79. The summed E-state index contributed by atoms with van der Waals surface area (Å²) in [7, 11) is 0. The van der Waals surface area contributed by atoms with Crippen LogP contribution in [0, 0.1) is 6.92 Å². The lowest BCUT2D eigenvalue weighted by molar-refractivity contribution is 0.258. The number of fused-ring (bicyclic) bond motifs is 2. The molecule has 2 aromatic heterocycles. The smallest absolute Gasteiger partial charge is 0.177 e. The van der Waals surface area contributed by atoms with Gasteiger partial charge in [-0.25, -0.2) is 9.97 Å². The summed E-state index contributed by atoms with van der Waals surface area (Å²) in [6.45, 7) is 2.70. The second kappa shape index (κ2) is 4.34. The van der Waals surface area contributed by atoms with Crippen LogP contribution >= 0.6 is 0 Å². The van der Waals surface area contributed by atoms with Crippen molar-refractivity contribution in [1.82, 2.24) is 15.0 Å². The van der Waals surface area contributed by atoms with Crippen molar-refractivity contribution >= 4 is 11.2 Å². The number of rotatable bonds is 1. The number of para-hydroxylation sites is 1. The van der Waals surface area contributed by atoms with Crippen LogP contribution in [-0.2, 0) is 6.42 Å². The van der Waals surface area contributed by atoms with Crippen molar-refractivity contribution in [3.8, 4) is 5.75 Å². The Hall–Kier alpha value is -2.36. The molecule has 0 radical (unpaired) electrons. The zero-order chi connectivity index (χ0) is 13.5. The lowest BCUT2D eigenvalue weighted by Gasteiger charge is -2.23. The van der Waals surface area contributed by atoms with Gasteiger partial charge >= 0.3 is 0 Å². The van der Waals surface area contributed by atoms with E-state index in [1.54, 1.807) is 0 Å². The van der Waals surface area contributed by atoms with Crippen LogP contribution in [0.2, 0.25) is 0 Å². The normalized spacial score (nSPS) is 17.8. The van der Waals surface area contributed by atoms with Crippen LogP contribution in [0.4, 0.5) is 0 Å². The maximum Gasteiger partial charge on any atom is 0.177 e. The Bertz CT molecular complexity index is 778. The average molecular weight is 265 g/mol. The molecule has 1 N–H and O–H groups in total. The third-order valence-corrected chi connectivity index (χ3v) is 3.76. The fourth-order valence-corrected chi connectivity index (χ4v) is 2.72. The molecule has 0 saturated carbocycles. The van der Waals surface area contributed by atoms with E-state index in [0.29, 0.717) is 6.61 Å². The van der Waals surface area contributed by atoms with Gasteiger partial charge in [0.1, 0.15) is 11.6 Å². The summed E-state index contributed by atoms with van der Waals surface area (Å²) in [5, 5.41) is 0. The number of aromatic amines is 1. The number of hydrogen-bond donors (Lipinski definition) is 1. The predicted octanol–water partition coefficient (Wildman–Crippen LogP) is 2.99. The molecule has 0 aliphatic carbocycles. The number of aryl methyl sites for hydroxylation is 1. The molecule has 4 nitrogen and oxygen atoms in total. The maximum atomic E-state index is 5.83. The Balaban J connectivity index is 1.70. The van der Waals surface area contributed by atoms with Crippen molar-refractivity contribution < 1.29 is 4.74 Å². The van der Waals surface area contributed by atoms with Crippen molar-refractivity contribution in [2.45, 2.75) is 19.3 Å². The number of H-pyrrole nitrogens is 1. The van der Waals surface area contributed by atoms with Gasteiger partial charge in [-0.3, -0.25) is 0 Å². The lowest BCUT2D eigenvalue weighted by atomic mass is 9.96. The minimum Gasteiger partial charge on any atom is -0.493 e. The van der Waals surface area contributed by atoms with Gasteiger partial charge in [0.05, 0.1) is 18.0 Å². The van der Waals surface area contributed by atoms with Gasteiger partial charge in [0, 0.05) is 6.20 Å². The van der Waals surface area contributed by atoms with E-state index in [9.17, 15) is 0 Å². The van der Waals surface area contributed by atoms with Gasteiger partial charge in [-0.15, -0.1) is 0 Å². The van der Waals surface area contributed by atoms with Crippen molar-refractivity contribution in [2.75, 3.05) is 6.61 Å². The summed E-state index contributed by atoms with van der Waals surface area (Å²) in [5.41, 5.74) is 4.16. The van der Waals surface area contributed by atoms with Crippen molar-refractivity contribution in [3.63, 3.8) is 0 Å². The number of pyridine rings is 1. The third kappa shape index (κ3) is 1.84. The first-order valence-corrected chi connectivity index (χ1v) is 6.82. The van der Waals surface area contributed by atoms with E-state index in [1.807, 2.05) is 31.3 Å². The quantitative estimate of drug-likeness (QED) is 0.736. The molecular formula is C16H15N3O. The molecule has 1 atom stereocenters. The number of benzene rings is 1. The summed E-state index contributed by atoms with van der Waals surface area (Å²) in [4.78, 5) is 12.3. The number of aromatic nitrogens is 3. The van der Waals surface area contributed by atoms with Gasteiger partial charge in [0.15, 0.2) is 5.65 Å². The van der Waals surface area contributed by atoms with Crippen molar-refractivity contribution in [1.29, 1.82) is 0 Å². The molecule has 1 aliphatic heterocycles. The summed E-state index contributed by atoms with van der Waals surface area (Å²) >= 11 is 0. The third-order valence-electron chi connectivity index (χ3n) is 3.76. The SMILES string of the molecule is Cc1cnc2nc(C3COc4ccccc4C3)[nH]c2c1. The summed E-state index contributed by atoms with van der Waals surface area (Å²) in [5.74, 6) is 2.22. The Labute approximate surface area is 116 Å². The monoisotopic (exact) mass is 265 g/mol. The van der Waals surface area contributed by atoms with Gasteiger partial charge in [0.25, 0.3) is 0 Å². The summed E-state index contributed by atoms with van der Waals surface area (Å²) in [6, 6.07) is 10.3. The highest BCUT2D eigenvalue weighted by molar-refractivity contribution is 5.71. The second-order valence-corrected chi connectivity index (χ2v) is 5.33. The van der Waals surface area contributed by atoms with Gasteiger partial charge in [-0.2, -0.15) is 0 Å². The Morgan fingerprint density at radius 3 is 3.15 bits per heavy atom. The molecule has 20 heavy (non-hydrogen) atoms. The molecule has 1 unspecified atom stereocenters. The number of nitrogens with zero attached hydrogens (tertiary/aromatic N) is 2. The van der Waals surface area contributed by atoms with Gasteiger partial charge in [0.2, 0.25) is 0 Å². The fourth-order valence-electron chi connectivity index (χ4n) is 2.72. The number of ether oxygens (including phenoxy) is 1. The van der Waals surface area contributed by atoms with Gasteiger partial charge in [-0.05, 0) is 36.6 Å².